The molecule has 56 valence electrons. The molecule has 0 amide bonds. The van der Waals surface area contributed by atoms with Crippen molar-refractivity contribution in [3.63, 3.8) is 0 Å². The molecule has 3 N–H and O–H groups in total. The summed E-state index contributed by atoms with van der Waals surface area (Å²) >= 11 is 6.76. The van der Waals surface area contributed by atoms with E-state index < -0.39 is 6.10 Å². The lowest BCUT2D eigenvalue weighted by Crippen LogP contribution is -2.09. The van der Waals surface area contributed by atoms with Crippen LogP contribution in [-0.2, 0) is 0 Å². The van der Waals surface area contributed by atoms with Gasteiger partial charge in [-0.3, -0.25) is 0 Å². The summed E-state index contributed by atoms with van der Waals surface area (Å²) in [6.07, 6.45) is 0.912. The Hall–Kier alpha value is -0.160. The number of hydrogen-bond acceptors (Lipinski definition) is 4. The minimum Gasteiger partial charge on any atom is -0.386 e. The zero-order chi connectivity index (χ0) is 7.56. The van der Waals surface area contributed by atoms with Gasteiger partial charge in [0, 0.05) is 12.7 Å². The van der Waals surface area contributed by atoms with Crippen molar-refractivity contribution in [2.75, 3.05) is 6.54 Å². The van der Waals surface area contributed by atoms with Crippen LogP contribution in [0.4, 0.5) is 0 Å². The van der Waals surface area contributed by atoms with Gasteiger partial charge in [-0.15, -0.1) is 11.3 Å². The predicted molar refractivity (Wildman–Crippen MR) is 41.1 cm³/mol. The molecule has 0 aliphatic rings. The highest BCUT2D eigenvalue weighted by Crippen LogP contribution is 2.22. The molecule has 1 aromatic heterocycles. The Bertz CT molecular complexity index is 215. The summed E-state index contributed by atoms with van der Waals surface area (Å²) in [5, 5.41) is 9.13. The van der Waals surface area contributed by atoms with Gasteiger partial charge in [0.1, 0.15) is 6.10 Å². The van der Waals surface area contributed by atoms with Gasteiger partial charge in [0.25, 0.3) is 0 Å². The number of rotatable bonds is 2. The summed E-state index contributed by atoms with van der Waals surface area (Å²) in [5.41, 5.74) is 5.20. The first-order chi connectivity index (χ1) is 4.74. The number of aliphatic hydroxyl groups excluding tert-OH is 1. The molecule has 10 heavy (non-hydrogen) atoms. The maximum Gasteiger partial charge on any atom is 0.183 e. The van der Waals surface area contributed by atoms with E-state index in [1.165, 1.54) is 17.5 Å². The van der Waals surface area contributed by atoms with E-state index in [1.807, 2.05) is 0 Å². The van der Waals surface area contributed by atoms with E-state index in [0.717, 1.165) is 0 Å². The zero-order valence-corrected chi connectivity index (χ0v) is 6.69. The lowest BCUT2D eigenvalue weighted by molar-refractivity contribution is 0.190. The van der Waals surface area contributed by atoms with Crippen LogP contribution in [0.3, 0.4) is 0 Å². The second-order valence-electron chi connectivity index (χ2n) is 1.77. The van der Waals surface area contributed by atoms with E-state index >= 15 is 0 Å². The SMILES string of the molecule is NC[C@@H](O)c1cnc(Cl)s1. The summed E-state index contributed by atoms with van der Waals surface area (Å²) in [5.74, 6) is 0. The van der Waals surface area contributed by atoms with Gasteiger partial charge in [-0.05, 0) is 0 Å². The van der Waals surface area contributed by atoms with Gasteiger partial charge in [0.15, 0.2) is 4.47 Å². The minimum atomic E-state index is -0.620. The third kappa shape index (κ3) is 1.67. The van der Waals surface area contributed by atoms with Crippen LogP contribution in [0.15, 0.2) is 6.20 Å². The van der Waals surface area contributed by atoms with Crippen molar-refractivity contribution in [1.29, 1.82) is 0 Å². The van der Waals surface area contributed by atoms with Gasteiger partial charge in [0.05, 0.1) is 4.88 Å². The molecule has 0 saturated heterocycles. The Kier molecular flexibility index (Phi) is 2.62. The minimum absolute atomic E-state index is 0.207. The molecule has 1 heterocycles. The standard InChI is InChI=1S/C5H7ClN2OS/c6-5-8-2-4(10-5)3(9)1-7/h2-3,9H,1,7H2/t3-/m1/s1. The largest absolute Gasteiger partial charge is 0.386 e. The van der Waals surface area contributed by atoms with Gasteiger partial charge in [0.2, 0.25) is 0 Å². The van der Waals surface area contributed by atoms with E-state index in [0.29, 0.717) is 9.34 Å². The van der Waals surface area contributed by atoms with Gasteiger partial charge in [-0.2, -0.15) is 0 Å². The number of aliphatic hydroxyl groups is 1. The maximum absolute atomic E-state index is 9.13. The summed E-state index contributed by atoms with van der Waals surface area (Å²) in [7, 11) is 0. The van der Waals surface area contributed by atoms with Crippen LogP contribution >= 0.6 is 22.9 Å². The van der Waals surface area contributed by atoms with Gasteiger partial charge in [-0.25, -0.2) is 4.98 Å². The van der Waals surface area contributed by atoms with E-state index in [9.17, 15) is 0 Å². The Morgan fingerprint density at radius 2 is 2.60 bits per heavy atom. The number of nitrogens with two attached hydrogens (primary N) is 1. The molecule has 0 aliphatic heterocycles. The third-order valence-corrected chi connectivity index (χ3v) is 2.26. The van der Waals surface area contributed by atoms with Gasteiger partial charge in [-0.1, -0.05) is 11.6 Å². The Morgan fingerprint density at radius 1 is 1.90 bits per heavy atom. The number of halogens is 1. The Labute approximate surface area is 67.5 Å². The molecular weight excluding hydrogens is 172 g/mol. The molecule has 0 aliphatic carbocycles. The van der Waals surface area contributed by atoms with E-state index in [2.05, 4.69) is 4.98 Å². The van der Waals surface area contributed by atoms with Gasteiger partial charge < -0.3 is 10.8 Å². The molecule has 0 bridgehead atoms. The fourth-order valence-corrected chi connectivity index (χ4v) is 1.49. The molecule has 1 rings (SSSR count). The average Bonchev–Trinajstić information content (AvgIpc) is 2.34. The monoisotopic (exact) mass is 178 g/mol. The number of nitrogens with zero attached hydrogens (tertiary/aromatic N) is 1. The first-order valence-electron chi connectivity index (χ1n) is 2.73. The molecule has 0 spiro atoms. The third-order valence-electron chi connectivity index (χ3n) is 1.05. The maximum atomic E-state index is 9.13. The van der Waals surface area contributed by atoms with Crippen LogP contribution in [0.2, 0.25) is 4.47 Å². The van der Waals surface area contributed by atoms with Crippen molar-refractivity contribution in [3.8, 4) is 0 Å². The summed E-state index contributed by atoms with van der Waals surface area (Å²) < 4.78 is 0.433. The Balaban J connectivity index is 2.74. The van der Waals surface area contributed by atoms with Crippen molar-refractivity contribution in [1.82, 2.24) is 4.98 Å². The number of aromatic nitrogens is 1. The van der Waals surface area contributed by atoms with Crippen molar-refractivity contribution < 1.29 is 5.11 Å². The van der Waals surface area contributed by atoms with Gasteiger partial charge >= 0.3 is 0 Å². The fraction of sp³-hybridized carbons (Fsp3) is 0.400. The first-order valence-corrected chi connectivity index (χ1v) is 3.93. The molecule has 3 nitrogen and oxygen atoms in total. The summed E-state index contributed by atoms with van der Waals surface area (Å²) in [4.78, 5) is 4.47. The van der Waals surface area contributed by atoms with Crippen molar-refractivity contribution in [3.05, 3.63) is 15.5 Å². The number of hydrogen-bond donors (Lipinski definition) is 2. The van der Waals surface area contributed by atoms with Crippen molar-refractivity contribution in [2.24, 2.45) is 5.73 Å². The first kappa shape index (κ1) is 7.94. The van der Waals surface area contributed by atoms with Crippen LogP contribution in [0.1, 0.15) is 11.0 Å². The molecule has 0 radical (unpaired) electrons. The normalized spacial score (nSPS) is 13.5. The second kappa shape index (κ2) is 3.30. The van der Waals surface area contributed by atoms with Crippen molar-refractivity contribution >= 4 is 22.9 Å². The Morgan fingerprint density at radius 3 is 3.00 bits per heavy atom. The smallest absolute Gasteiger partial charge is 0.183 e. The summed E-state index contributed by atoms with van der Waals surface area (Å²) in [6.45, 7) is 0.207. The van der Waals surface area contributed by atoms with Crippen LogP contribution in [-0.4, -0.2) is 16.6 Å². The van der Waals surface area contributed by atoms with Crippen LogP contribution in [0, 0.1) is 0 Å². The summed E-state index contributed by atoms with van der Waals surface area (Å²) in [6, 6.07) is 0. The molecular formula is C5H7ClN2OS. The molecule has 1 aromatic rings. The van der Waals surface area contributed by atoms with E-state index in [1.54, 1.807) is 0 Å². The molecule has 0 fully saturated rings. The van der Waals surface area contributed by atoms with E-state index in [-0.39, 0.29) is 6.54 Å². The lowest BCUT2D eigenvalue weighted by Gasteiger charge is -2.00. The highest BCUT2D eigenvalue weighted by Gasteiger charge is 2.07. The molecule has 0 unspecified atom stereocenters. The van der Waals surface area contributed by atoms with Crippen LogP contribution in [0.25, 0.3) is 0 Å². The van der Waals surface area contributed by atoms with E-state index in [4.69, 9.17) is 22.4 Å². The van der Waals surface area contributed by atoms with Crippen LogP contribution in [0.5, 0.6) is 0 Å². The molecule has 1 atom stereocenters. The highest BCUT2D eigenvalue weighted by atomic mass is 35.5. The quantitative estimate of drug-likeness (QED) is 0.704. The number of thiazole rings is 1. The fourth-order valence-electron chi connectivity index (χ4n) is 0.535. The lowest BCUT2D eigenvalue weighted by atomic mass is 10.3. The molecule has 5 heteroatoms. The second-order valence-corrected chi connectivity index (χ2v) is 3.41. The topological polar surface area (TPSA) is 59.1 Å². The average molecular weight is 179 g/mol. The molecule has 0 aromatic carbocycles. The highest BCUT2D eigenvalue weighted by molar-refractivity contribution is 7.15. The van der Waals surface area contributed by atoms with Crippen molar-refractivity contribution in [2.45, 2.75) is 6.10 Å². The molecule has 0 saturated carbocycles. The predicted octanol–water partition coefficient (Wildman–Crippen LogP) is 0.789. The zero-order valence-electron chi connectivity index (χ0n) is 5.12. The van der Waals surface area contributed by atoms with Crippen LogP contribution < -0.4 is 5.73 Å².